The molecular formula is C34H33N3O3. The van der Waals surface area contributed by atoms with Crippen molar-refractivity contribution < 1.29 is 14.6 Å². The number of carboxylic acid groups (broad SMARTS) is 1. The average Bonchev–Trinajstić information content (AvgIpc) is 3.32. The number of aryl methyl sites for hydroxylation is 1. The second kappa shape index (κ2) is 11.3. The lowest BCUT2D eigenvalue weighted by Crippen LogP contribution is -2.16. The number of carboxylic acids is 1. The lowest BCUT2D eigenvalue weighted by Gasteiger charge is -2.28. The third kappa shape index (κ3) is 5.34. The summed E-state index contributed by atoms with van der Waals surface area (Å²) in [4.78, 5) is 15.8. The summed E-state index contributed by atoms with van der Waals surface area (Å²) < 4.78 is 8.62. The molecule has 3 aromatic carbocycles. The van der Waals surface area contributed by atoms with Gasteiger partial charge in [0.05, 0.1) is 11.1 Å². The van der Waals surface area contributed by atoms with Gasteiger partial charge in [0.2, 0.25) is 5.88 Å². The Morgan fingerprint density at radius 2 is 1.60 bits per heavy atom. The smallest absolute Gasteiger partial charge is 0.303 e. The van der Waals surface area contributed by atoms with Gasteiger partial charge in [-0.15, -0.1) is 0 Å². The van der Waals surface area contributed by atoms with E-state index in [1.807, 2.05) is 60.3 Å². The second-order valence-corrected chi connectivity index (χ2v) is 10.7. The predicted octanol–water partition coefficient (Wildman–Crippen LogP) is 7.55. The van der Waals surface area contributed by atoms with E-state index in [1.165, 1.54) is 5.56 Å². The molecule has 0 aliphatic heterocycles. The summed E-state index contributed by atoms with van der Waals surface area (Å²) in [5.74, 6) is 0.592. The Kier molecular flexibility index (Phi) is 7.32. The van der Waals surface area contributed by atoms with Crippen molar-refractivity contribution in [2.45, 2.75) is 44.1 Å². The second-order valence-electron chi connectivity index (χ2n) is 10.7. The number of nitrogens with zero attached hydrogens (tertiary/aromatic N) is 3. The lowest BCUT2D eigenvalue weighted by atomic mass is 9.77. The zero-order chi connectivity index (χ0) is 27.5. The predicted molar refractivity (Wildman–Crippen MR) is 156 cm³/mol. The number of fused-ring (bicyclic) bond motifs is 1. The number of benzene rings is 3. The summed E-state index contributed by atoms with van der Waals surface area (Å²) in [6.45, 7) is 0. The van der Waals surface area contributed by atoms with Crippen LogP contribution in [0.15, 0.2) is 97.2 Å². The highest BCUT2D eigenvalue weighted by Crippen LogP contribution is 2.40. The molecule has 5 aromatic rings. The highest BCUT2D eigenvalue weighted by Gasteiger charge is 2.26. The van der Waals surface area contributed by atoms with Gasteiger partial charge in [-0.05, 0) is 72.4 Å². The normalized spacial score (nSPS) is 17.2. The van der Waals surface area contributed by atoms with Gasteiger partial charge in [0.25, 0.3) is 0 Å². The summed E-state index contributed by atoms with van der Waals surface area (Å²) in [6.07, 6.45) is 5.70. The minimum absolute atomic E-state index is 0.280. The van der Waals surface area contributed by atoms with E-state index in [2.05, 4.69) is 47.4 Å². The number of aromatic nitrogens is 3. The SMILES string of the molecule is Cn1nc(-c2cccnc2OC(c2ccccc2)c2ccccc2)c2ccc(C3CCC(CC(=O)O)CC3)cc21. The van der Waals surface area contributed by atoms with E-state index in [0.717, 1.165) is 59.0 Å². The molecule has 0 saturated heterocycles. The van der Waals surface area contributed by atoms with E-state index < -0.39 is 5.97 Å². The molecule has 1 aliphatic rings. The molecule has 0 unspecified atom stereocenters. The first-order chi connectivity index (χ1) is 19.6. The van der Waals surface area contributed by atoms with Crippen LogP contribution >= 0.6 is 0 Å². The lowest BCUT2D eigenvalue weighted by molar-refractivity contribution is -0.138. The minimum atomic E-state index is -0.690. The van der Waals surface area contributed by atoms with Crippen LogP contribution in [0.2, 0.25) is 0 Å². The summed E-state index contributed by atoms with van der Waals surface area (Å²) >= 11 is 0. The van der Waals surface area contributed by atoms with Crippen LogP contribution in [0, 0.1) is 5.92 Å². The van der Waals surface area contributed by atoms with E-state index >= 15 is 0 Å². The van der Waals surface area contributed by atoms with Crippen LogP contribution in [0.4, 0.5) is 0 Å². The Morgan fingerprint density at radius 1 is 0.925 bits per heavy atom. The Balaban J connectivity index is 1.32. The fourth-order valence-electron chi connectivity index (χ4n) is 6.03. The number of carbonyl (C=O) groups is 1. The van der Waals surface area contributed by atoms with Crippen molar-refractivity contribution in [3.8, 4) is 17.1 Å². The molecule has 1 saturated carbocycles. The number of pyridine rings is 1. The Labute approximate surface area is 234 Å². The number of rotatable bonds is 8. The van der Waals surface area contributed by atoms with Gasteiger partial charge in [-0.2, -0.15) is 5.10 Å². The molecule has 1 fully saturated rings. The number of ether oxygens (including phenoxy) is 1. The van der Waals surface area contributed by atoms with Crippen LogP contribution < -0.4 is 4.74 Å². The number of hydrogen-bond donors (Lipinski definition) is 1. The highest BCUT2D eigenvalue weighted by molar-refractivity contribution is 5.94. The molecule has 6 nitrogen and oxygen atoms in total. The summed E-state index contributed by atoms with van der Waals surface area (Å²) in [5.41, 5.74) is 6.17. The molecule has 0 spiro atoms. The fraction of sp³-hybridized carbons (Fsp3) is 0.265. The highest BCUT2D eigenvalue weighted by atomic mass is 16.5. The van der Waals surface area contributed by atoms with Gasteiger partial charge in [-0.1, -0.05) is 72.8 Å². The summed E-state index contributed by atoms with van der Waals surface area (Å²) in [7, 11) is 1.98. The topological polar surface area (TPSA) is 77.2 Å². The van der Waals surface area contributed by atoms with Crippen molar-refractivity contribution in [3.63, 3.8) is 0 Å². The zero-order valence-corrected chi connectivity index (χ0v) is 22.6. The first-order valence-electron chi connectivity index (χ1n) is 14.0. The van der Waals surface area contributed by atoms with Crippen molar-refractivity contribution in [3.05, 3.63) is 114 Å². The maximum atomic E-state index is 11.1. The van der Waals surface area contributed by atoms with Crippen molar-refractivity contribution in [2.24, 2.45) is 13.0 Å². The largest absolute Gasteiger partial charge is 0.481 e. The maximum absolute atomic E-state index is 11.1. The molecule has 1 aliphatic carbocycles. The minimum Gasteiger partial charge on any atom is -0.481 e. The molecule has 202 valence electrons. The third-order valence-corrected chi connectivity index (χ3v) is 8.12. The fourth-order valence-corrected chi connectivity index (χ4v) is 6.03. The van der Waals surface area contributed by atoms with Crippen LogP contribution in [0.5, 0.6) is 5.88 Å². The van der Waals surface area contributed by atoms with Crippen molar-refractivity contribution in [1.82, 2.24) is 14.8 Å². The van der Waals surface area contributed by atoms with Gasteiger partial charge in [-0.25, -0.2) is 4.98 Å². The maximum Gasteiger partial charge on any atom is 0.303 e. The van der Waals surface area contributed by atoms with E-state index in [9.17, 15) is 4.79 Å². The van der Waals surface area contributed by atoms with E-state index in [-0.39, 0.29) is 12.5 Å². The Morgan fingerprint density at radius 3 is 2.25 bits per heavy atom. The van der Waals surface area contributed by atoms with Crippen LogP contribution in [0.1, 0.15) is 60.8 Å². The van der Waals surface area contributed by atoms with Crippen LogP contribution in [0.25, 0.3) is 22.2 Å². The number of aliphatic carboxylic acids is 1. The third-order valence-electron chi connectivity index (χ3n) is 8.12. The zero-order valence-electron chi connectivity index (χ0n) is 22.6. The molecular weight excluding hydrogens is 498 g/mol. The summed E-state index contributed by atoms with van der Waals surface area (Å²) in [6, 6.07) is 31.0. The van der Waals surface area contributed by atoms with Gasteiger partial charge in [0.1, 0.15) is 5.69 Å². The molecule has 6 rings (SSSR count). The van der Waals surface area contributed by atoms with Crippen molar-refractivity contribution in [1.29, 1.82) is 0 Å². The van der Waals surface area contributed by atoms with Gasteiger partial charge in [0, 0.05) is 25.1 Å². The van der Waals surface area contributed by atoms with E-state index in [4.69, 9.17) is 14.9 Å². The molecule has 0 atom stereocenters. The van der Waals surface area contributed by atoms with Gasteiger partial charge in [0.15, 0.2) is 6.10 Å². The van der Waals surface area contributed by atoms with Crippen molar-refractivity contribution in [2.75, 3.05) is 0 Å². The Hall–Kier alpha value is -4.45. The molecule has 40 heavy (non-hydrogen) atoms. The Bertz CT molecular complexity index is 1570. The van der Waals surface area contributed by atoms with Crippen LogP contribution in [-0.2, 0) is 11.8 Å². The monoisotopic (exact) mass is 531 g/mol. The standard InChI is InChI=1S/C34H33N3O3/c1-37-30-22-27(24-16-14-23(15-17-24)21-31(38)39)18-19-28(30)32(36-37)29-13-8-20-35-34(29)40-33(25-9-4-2-5-10-25)26-11-6-3-7-12-26/h2-13,18-20,22-24,33H,14-17,21H2,1H3,(H,38,39). The molecule has 2 aromatic heterocycles. The average molecular weight is 532 g/mol. The van der Waals surface area contributed by atoms with Gasteiger partial charge < -0.3 is 9.84 Å². The van der Waals surface area contributed by atoms with E-state index in [0.29, 0.717) is 17.7 Å². The van der Waals surface area contributed by atoms with Gasteiger partial charge >= 0.3 is 5.97 Å². The quantitative estimate of drug-likeness (QED) is 0.224. The molecule has 2 heterocycles. The van der Waals surface area contributed by atoms with Crippen molar-refractivity contribution >= 4 is 16.9 Å². The first kappa shape index (κ1) is 25.8. The van der Waals surface area contributed by atoms with Crippen LogP contribution in [0.3, 0.4) is 0 Å². The summed E-state index contributed by atoms with van der Waals surface area (Å²) in [5, 5.41) is 15.1. The number of hydrogen-bond acceptors (Lipinski definition) is 4. The first-order valence-corrected chi connectivity index (χ1v) is 14.0. The van der Waals surface area contributed by atoms with E-state index in [1.54, 1.807) is 6.20 Å². The molecule has 1 N–H and O–H groups in total. The van der Waals surface area contributed by atoms with Crippen LogP contribution in [-0.4, -0.2) is 25.8 Å². The molecule has 0 radical (unpaired) electrons. The molecule has 6 heteroatoms. The molecule has 0 bridgehead atoms. The molecule has 0 amide bonds. The van der Waals surface area contributed by atoms with Gasteiger partial charge in [-0.3, -0.25) is 9.48 Å².